The van der Waals surface area contributed by atoms with E-state index < -0.39 is 23.9 Å². The van der Waals surface area contributed by atoms with Crippen LogP contribution in [0.3, 0.4) is 0 Å². The molecule has 2 aromatic carbocycles. The standard InChI is InChI=1S/C22H27F3N2O2/c23-22(24,25)18-10-8-17(9-11-18)21(29)19(14-27-12-4-5-13-27)26-20(15-28)16-6-2-1-3-7-16/h1-3,6-11,19-21,26,28-29H,4-5,12-15H2/t19-,20?,21-/m1/s1. The van der Waals surface area contributed by atoms with Crippen LogP contribution >= 0.6 is 0 Å². The molecule has 3 atom stereocenters. The lowest BCUT2D eigenvalue weighted by Gasteiger charge is -2.32. The lowest BCUT2D eigenvalue weighted by molar-refractivity contribution is -0.137. The fraction of sp³-hybridized carbons (Fsp3) is 0.455. The Morgan fingerprint density at radius 3 is 2.10 bits per heavy atom. The molecule has 0 spiro atoms. The highest BCUT2D eigenvalue weighted by molar-refractivity contribution is 5.27. The Morgan fingerprint density at radius 2 is 1.55 bits per heavy atom. The summed E-state index contributed by atoms with van der Waals surface area (Å²) in [5, 5.41) is 24.2. The first-order chi connectivity index (χ1) is 13.9. The highest BCUT2D eigenvalue weighted by atomic mass is 19.4. The van der Waals surface area contributed by atoms with Crippen molar-refractivity contribution in [3.8, 4) is 0 Å². The highest BCUT2D eigenvalue weighted by Crippen LogP contribution is 2.31. The minimum atomic E-state index is -4.41. The summed E-state index contributed by atoms with van der Waals surface area (Å²) in [6, 6.07) is 13.2. The van der Waals surface area contributed by atoms with E-state index in [2.05, 4.69) is 10.2 Å². The summed E-state index contributed by atoms with van der Waals surface area (Å²) in [4.78, 5) is 2.23. The molecule has 29 heavy (non-hydrogen) atoms. The summed E-state index contributed by atoms with van der Waals surface area (Å²) in [5.41, 5.74) is 0.565. The normalized spacial score (nSPS) is 18.5. The number of nitrogens with zero attached hydrogens (tertiary/aromatic N) is 1. The minimum absolute atomic E-state index is 0.153. The summed E-state index contributed by atoms with van der Waals surface area (Å²) in [6.45, 7) is 2.24. The van der Waals surface area contributed by atoms with Crippen LogP contribution in [0.2, 0.25) is 0 Å². The lowest BCUT2D eigenvalue weighted by atomic mass is 9.98. The van der Waals surface area contributed by atoms with Gasteiger partial charge in [-0.1, -0.05) is 42.5 Å². The first-order valence-electron chi connectivity index (χ1n) is 9.88. The van der Waals surface area contributed by atoms with Gasteiger partial charge < -0.3 is 20.4 Å². The van der Waals surface area contributed by atoms with Gasteiger partial charge in [-0.15, -0.1) is 0 Å². The molecule has 2 aromatic rings. The molecular formula is C22H27F3N2O2. The molecule has 0 bridgehead atoms. The Hall–Kier alpha value is -1.93. The van der Waals surface area contributed by atoms with E-state index >= 15 is 0 Å². The van der Waals surface area contributed by atoms with Crippen LogP contribution in [0, 0.1) is 0 Å². The van der Waals surface area contributed by atoms with E-state index in [1.54, 1.807) is 0 Å². The van der Waals surface area contributed by atoms with Gasteiger partial charge in [0.15, 0.2) is 0 Å². The fourth-order valence-corrected chi connectivity index (χ4v) is 3.79. The number of hydrogen-bond donors (Lipinski definition) is 3. The van der Waals surface area contributed by atoms with Crippen LogP contribution in [-0.4, -0.2) is 47.4 Å². The van der Waals surface area contributed by atoms with Crippen LogP contribution in [0.1, 0.15) is 41.7 Å². The van der Waals surface area contributed by atoms with Gasteiger partial charge in [-0.25, -0.2) is 0 Å². The average Bonchev–Trinajstić information content (AvgIpc) is 3.24. The molecule has 0 saturated carbocycles. The number of nitrogens with one attached hydrogen (secondary N) is 1. The molecule has 1 unspecified atom stereocenters. The molecule has 7 heteroatoms. The van der Waals surface area contributed by atoms with Gasteiger partial charge >= 0.3 is 6.18 Å². The molecule has 1 heterocycles. The summed E-state index contributed by atoms with van der Waals surface area (Å²) < 4.78 is 38.5. The Balaban J connectivity index is 1.80. The van der Waals surface area contributed by atoms with Crippen molar-refractivity contribution in [3.63, 3.8) is 0 Å². The SMILES string of the molecule is OCC(N[C@H](CN1CCCC1)[C@H](O)c1ccc(C(F)(F)F)cc1)c1ccccc1. The van der Waals surface area contributed by atoms with E-state index in [1.807, 2.05) is 30.3 Å². The molecular weight excluding hydrogens is 381 g/mol. The van der Waals surface area contributed by atoms with Crippen molar-refractivity contribution in [1.29, 1.82) is 0 Å². The third kappa shape index (κ3) is 5.79. The monoisotopic (exact) mass is 408 g/mol. The number of aliphatic hydroxyl groups excluding tert-OH is 2. The van der Waals surface area contributed by atoms with Gasteiger partial charge in [0.05, 0.1) is 30.4 Å². The lowest BCUT2D eigenvalue weighted by Crippen LogP contribution is -2.46. The zero-order chi connectivity index (χ0) is 20.9. The number of halogens is 3. The van der Waals surface area contributed by atoms with Crippen LogP contribution < -0.4 is 5.32 Å². The fourth-order valence-electron chi connectivity index (χ4n) is 3.79. The predicted octanol–water partition coefficient (Wildman–Crippen LogP) is 3.53. The third-order valence-corrected chi connectivity index (χ3v) is 5.41. The molecule has 1 saturated heterocycles. The van der Waals surface area contributed by atoms with Crippen molar-refractivity contribution in [3.05, 3.63) is 71.3 Å². The second-order valence-corrected chi connectivity index (χ2v) is 7.49. The van der Waals surface area contributed by atoms with Crippen molar-refractivity contribution in [2.45, 2.75) is 37.2 Å². The average molecular weight is 408 g/mol. The first kappa shape index (κ1) is 21.8. The second-order valence-electron chi connectivity index (χ2n) is 7.49. The van der Waals surface area contributed by atoms with Crippen molar-refractivity contribution >= 4 is 0 Å². The summed E-state index contributed by atoms with van der Waals surface area (Å²) in [5.74, 6) is 0. The van der Waals surface area contributed by atoms with Gasteiger partial charge in [0.1, 0.15) is 0 Å². The van der Waals surface area contributed by atoms with E-state index in [1.165, 1.54) is 12.1 Å². The smallest absolute Gasteiger partial charge is 0.394 e. The van der Waals surface area contributed by atoms with Gasteiger partial charge in [0, 0.05) is 6.54 Å². The molecule has 0 radical (unpaired) electrons. The van der Waals surface area contributed by atoms with E-state index in [9.17, 15) is 23.4 Å². The molecule has 1 fully saturated rings. The van der Waals surface area contributed by atoms with Gasteiger partial charge in [-0.2, -0.15) is 13.2 Å². The molecule has 4 nitrogen and oxygen atoms in total. The van der Waals surface area contributed by atoms with Crippen LogP contribution in [0.25, 0.3) is 0 Å². The molecule has 0 amide bonds. The predicted molar refractivity (Wildman–Crippen MR) is 105 cm³/mol. The van der Waals surface area contributed by atoms with Crippen LogP contribution in [-0.2, 0) is 6.18 Å². The molecule has 3 rings (SSSR count). The molecule has 3 N–H and O–H groups in total. The maximum atomic E-state index is 12.8. The van der Waals surface area contributed by atoms with Crippen molar-refractivity contribution in [1.82, 2.24) is 10.2 Å². The summed E-state index contributed by atoms with van der Waals surface area (Å²) in [7, 11) is 0. The Labute approximate surface area is 169 Å². The van der Waals surface area contributed by atoms with Crippen LogP contribution in [0.5, 0.6) is 0 Å². The number of hydrogen-bond acceptors (Lipinski definition) is 4. The number of benzene rings is 2. The van der Waals surface area contributed by atoms with E-state index in [0.29, 0.717) is 12.1 Å². The largest absolute Gasteiger partial charge is 0.416 e. The Kier molecular flexibility index (Phi) is 7.29. The number of alkyl halides is 3. The molecule has 0 aliphatic carbocycles. The van der Waals surface area contributed by atoms with E-state index in [0.717, 1.165) is 43.6 Å². The Bertz CT molecular complexity index is 747. The number of aliphatic hydroxyl groups is 2. The summed E-state index contributed by atoms with van der Waals surface area (Å²) >= 11 is 0. The van der Waals surface area contributed by atoms with Gasteiger partial charge in [0.2, 0.25) is 0 Å². The van der Waals surface area contributed by atoms with E-state index in [4.69, 9.17) is 0 Å². The minimum Gasteiger partial charge on any atom is -0.394 e. The van der Waals surface area contributed by atoms with Crippen molar-refractivity contribution in [2.75, 3.05) is 26.2 Å². The third-order valence-electron chi connectivity index (χ3n) is 5.41. The highest BCUT2D eigenvalue weighted by Gasteiger charge is 2.31. The number of likely N-dealkylation sites (tertiary alicyclic amines) is 1. The Morgan fingerprint density at radius 1 is 0.931 bits per heavy atom. The molecule has 1 aliphatic heterocycles. The van der Waals surface area contributed by atoms with Gasteiger partial charge in [-0.3, -0.25) is 0 Å². The quantitative estimate of drug-likeness (QED) is 0.626. The zero-order valence-electron chi connectivity index (χ0n) is 16.1. The van der Waals surface area contributed by atoms with Crippen LogP contribution in [0.15, 0.2) is 54.6 Å². The second kappa shape index (κ2) is 9.71. The van der Waals surface area contributed by atoms with Gasteiger partial charge in [-0.05, 0) is 49.2 Å². The van der Waals surface area contributed by atoms with Gasteiger partial charge in [0.25, 0.3) is 0 Å². The summed E-state index contributed by atoms with van der Waals surface area (Å²) in [6.07, 6.45) is -3.24. The zero-order valence-corrected chi connectivity index (χ0v) is 16.1. The van der Waals surface area contributed by atoms with E-state index in [-0.39, 0.29) is 12.6 Å². The maximum absolute atomic E-state index is 12.8. The topological polar surface area (TPSA) is 55.7 Å². The van der Waals surface area contributed by atoms with Crippen molar-refractivity contribution < 1.29 is 23.4 Å². The molecule has 158 valence electrons. The molecule has 1 aliphatic rings. The maximum Gasteiger partial charge on any atom is 0.416 e. The van der Waals surface area contributed by atoms with Crippen LogP contribution in [0.4, 0.5) is 13.2 Å². The van der Waals surface area contributed by atoms with Crippen molar-refractivity contribution in [2.24, 2.45) is 0 Å². The first-order valence-corrected chi connectivity index (χ1v) is 9.88. The molecule has 0 aromatic heterocycles. The number of rotatable bonds is 8.